The third-order valence-corrected chi connectivity index (χ3v) is 5.88. The van der Waals surface area contributed by atoms with Crippen LogP contribution in [-0.2, 0) is 4.74 Å². The predicted molar refractivity (Wildman–Crippen MR) is 115 cm³/mol. The number of carbonyl (C=O) groups excluding carboxylic acids is 1. The van der Waals surface area contributed by atoms with E-state index in [4.69, 9.17) is 22.1 Å². The number of ether oxygens (including phenoxy) is 1. The van der Waals surface area contributed by atoms with Crippen LogP contribution in [0.2, 0.25) is 5.02 Å². The monoisotopic (exact) mass is 432 g/mol. The van der Waals surface area contributed by atoms with Crippen molar-refractivity contribution < 1.29 is 9.53 Å². The number of primary amides is 1. The number of aliphatic imine (C=N–C) groups is 1. The SMILES string of the molecule is Cc1cccc(Cl)c1N1C=C(N2CCOCC2)NC(=Nc2ncc(C(N)=O)s2)C1. The summed E-state index contributed by atoms with van der Waals surface area (Å²) in [5, 5.41) is 4.54. The summed E-state index contributed by atoms with van der Waals surface area (Å²) in [6, 6.07) is 5.85. The molecule has 2 aliphatic rings. The van der Waals surface area contributed by atoms with Crippen molar-refractivity contribution in [3.63, 3.8) is 0 Å². The number of amides is 1. The van der Waals surface area contributed by atoms with Gasteiger partial charge >= 0.3 is 0 Å². The molecule has 1 amide bonds. The first kappa shape index (κ1) is 19.7. The van der Waals surface area contributed by atoms with E-state index in [2.05, 4.69) is 31.3 Å². The van der Waals surface area contributed by atoms with Crippen LogP contribution >= 0.6 is 22.9 Å². The lowest BCUT2D eigenvalue weighted by Gasteiger charge is -2.37. The van der Waals surface area contributed by atoms with E-state index >= 15 is 0 Å². The van der Waals surface area contributed by atoms with E-state index in [0.29, 0.717) is 40.6 Å². The van der Waals surface area contributed by atoms with Crippen molar-refractivity contribution >= 4 is 45.5 Å². The molecule has 0 spiro atoms. The number of halogens is 1. The number of carbonyl (C=O) groups is 1. The fraction of sp³-hybridized carbons (Fsp3) is 0.316. The van der Waals surface area contributed by atoms with Gasteiger partial charge in [-0.1, -0.05) is 35.1 Å². The van der Waals surface area contributed by atoms with Crippen LogP contribution in [0, 0.1) is 6.92 Å². The Balaban J connectivity index is 1.69. The first-order valence-corrected chi connectivity index (χ1v) is 10.4. The molecule has 1 aromatic heterocycles. The minimum atomic E-state index is -0.507. The largest absolute Gasteiger partial charge is 0.378 e. The lowest BCUT2D eigenvalue weighted by Crippen LogP contribution is -2.48. The Labute approximate surface area is 177 Å². The van der Waals surface area contributed by atoms with Gasteiger partial charge in [-0.3, -0.25) is 4.79 Å². The number of para-hydroxylation sites is 1. The van der Waals surface area contributed by atoms with Crippen LogP contribution < -0.4 is 16.0 Å². The van der Waals surface area contributed by atoms with Gasteiger partial charge in [-0.15, -0.1) is 0 Å². The average Bonchev–Trinajstić information content (AvgIpc) is 3.17. The lowest BCUT2D eigenvalue weighted by molar-refractivity contribution is 0.0513. The van der Waals surface area contributed by atoms with Gasteiger partial charge in [0.1, 0.15) is 16.5 Å². The van der Waals surface area contributed by atoms with Crippen LogP contribution in [0.15, 0.2) is 41.4 Å². The van der Waals surface area contributed by atoms with Crippen molar-refractivity contribution in [3.05, 3.63) is 51.9 Å². The third-order valence-electron chi connectivity index (χ3n) is 4.67. The Morgan fingerprint density at radius 2 is 2.17 bits per heavy atom. The molecule has 0 unspecified atom stereocenters. The van der Waals surface area contributed by atoms with Crippen LogP contribution in [-0.4, -0.2) is 54.5 Å². The molecule has 3 N–H and O–H groups in total. The lowest BCUT2D eigenvalue weighted by atomic mass is 10.1. The second kappa shape index (κ2) is 8.40. The van der Waals surface area contributed by atoms with Crippen LogP contribution in [0.1, 0.15) is 15.2 Å². The molecule has 3 heterocycles. The minimum Gasteiger partial charge on any atom is -0.378 e. The van der Waals surface area contributed by atoms with Crippen LogP contribution in [0.25, 0.3) is 0 Å². The molecule has 152 valence electrons. The number of rotatable bonds is 4. The zero-order valence-electron chi connectivity index (χ0n) is 15.9. The highest BCUT2D eigenvalue weighted by molar-refractivity contribution is 7.17. The molecule has 0 aliphatic carbocycles. The Morgan fingerprint density at radius 1 is 1.38 bits per heavy atom. The predicted octanol–water partition coefficient (Wildman–Crippen LogP) is 2.47. The zero-order valence-corrected chi connectivity index (χ0v) is 17.5. The van der Waals surface area contributed by atoms with Gasteiger partial charge in [0.25, 0.3) is 5.91 Å². The van der Waals surface area contributed by atoms with Gasteiger partial charge in [-0.25, -0.2) is 9.98 Å². The first-order valence-electron chi connectivity index (χ1n) is 9.18. The summed E-state index contributed by atoms with van der Waals surface area (Å²) in [6.45, 7) is 5.43. The molecular weight excluding hydrogens is 412 g/mol. The molecule has 2 aromatic rings. The maximum Gasteiger partial charge on any atom is 0.260 e. The number of aryl methyl sites for hydroxylation is 1. The van der Waals surface area contributed by atoms with E-state index in [-0.39, 0.29) is 0 Å². The van der Waals surface area contributed by atoms with Gasteiger partial charge in [0.15, 0.2) is 0 Å². The summed E-state index contributed by atoms with van der Waals surface area (Å²) in [4.78, 5) is 24.9. The molecule has 1 saturated heterocycles. The molecule has 1 fully saturated rings. The molecule has 0 saturated carbocycles. The molecule has 4 rings (SSSR count). The highest BCUT2D eigenvalue weighted by Gasteiger charge is 2.24. The van der Waals surface area contributed by atoms with E-state index in [9.17, 15) is 4.79 Å². The maximum absolute atomic E-state index is 11.4. The molecule has 8 nitrogen and oxygen atoms in total. The highest BCUT2D eigenvalue weighted by atomic mass is 35.5. The molecule has 10 heteroatoms. The van der Waals surface area contributed by atoms with Crippen LogP contribution in [0.5, 0.6) is 0 Å². The second-order valence-corrected chi connectivity index (χ2v) is 8.12. The van der Waals surface area contributed by atoms with Crippen LogP contribution in [0.4, 0.5) is 10.8 Å². The number of hydrogen-bond donors (Lipinski definition) is 2. The standard InChI is InChI=1S/C19H21ClN6O2S/c1-12-3-2-4-13(20)17(12)26-10-15(24-19-22-9-14(29-19)18(21)27)23-16(11-26)25-5-7-28-8-6-25/h2-4,9,11H,5-8,10H2,1H3,(H2,21,27)(H,22,23,24). The zero-order chi connectivity index (χ0) is 20.4. The summed E-state index contributed by atoms with van der Waals surface area (Å²) >= 11 is 7.68. The Morgan fingerprint density at radius 3 is 2.86 bits per heavy atom. The van der Waals surface area contributed by atoms with Crippen molar-refractivity contribution in [2.45, 2.75) is 6.92 Å². The van der Waals surface area contributed by atoms with E-state index < -0.39 is 5.91 Å². The quantitative estimate of drug-likeness (QED) is 0.770. The molecular formula is C19H21ClN6O2S. The van der Waals surface area contributed by atoms with E-state index in [1.807, 2.05) is 25.1 Å². The molecule has 29 heavy (non-hydrogen) atoms. The second-order valence-electron chi connectivity index (χ2n) is 6.70. The number of aromatic nitrogens is 1. The first-order chi connectivity index (χ1) is 14.0. The number of nitrogens with zero attached hydrogens (tertiary/aromatic N) is 4. The van der Waals surface area contributed by atoms with Crippen LogP contribution in [0.3, 0.4) is 0 Å². The highest BCUT2D eigenvalue weighted by Crippen LogP contribution is 2.31. The number of hydrogen-bond acceptors (Lipinski definition) is 7. The van der Waals surface area contributed by atoms with Gasteiger partial charge in [-0.2, -0.15) is 0 Å². The number of nitrogens with one attached hydrogen (secondary N) is 1. The van der Waals surface area contributed by atoms with Crippen molar-refractivity contribution in [3.8, 4) is 0 Å². The summed E-state index contributed by atoms with van der Waals surface area (Å²) in [7, 11) is 0. The number of benzene rings is 1. The van der Waals surface area contributed by atoms with Gasteiger partial charge in [-0.05, 0) is 18.6 Å². The Hall–Kier alpha value is -2.62. The van der Waals surface area contributed by atoms with Gasteiger partial charge < -0.3 is 25.6 Å². The fourth-order valence-electron chi connectivity index (χ4n) is 3.28. The van der Waals surface area contributed by atoms with E-state index in [1.54, 1.807) is 0 Å². The number of anilines is 1. The summed E-state index contributed by atoms with van der Waals surface area (Å²) in [5.74, 6) is 1.12. The molecule has 0 radical (unpaired) electrons. The Kier molecular flexibility index (Phi) is 5.70. The van der Waals surface area contributed by atoms with Crippen molar-refractivity contribution in [1.82, 2.24) is 15.2 Å². The van der Waals surface area contributed by atoms with Crippen molar-refractivity contribution in [2.24, 2.45) is 10.7 Å². The minimum absolute atomic E-state index is 0.378. The fourth-order valence-corrected chi connectivity index (χ4v) is 4.27. The third kappa shape index (κ3) is 4.36. The number of morpholine rings is 1. The molecule has 1 aromatic carbocycles. The molecule has 0 atom stereocenters. The average molecular weight is 433 g/mol. The summed E-state index contributed by atoms with van der Waals surface area (Å²) in [5.41, 5.74) is 7.34. The number of nitrogens with two attached hydrogens (primary N) is 1. The molecule has 0 bridgehead atoms. The number of thiazole rings is 1. The van der Waals surface area contributed by atoms with E-state index in [0.717, 1.165) is 41.5 Å². The van der Waals surface area contributed by atoms with E-state index in [1.165, 1.54) is 6.20 Å². The van der Waals surface area contributed by atoms with Crippen molar-refractivity contribution in [1.29, 1.82) is 0 Å². The number of amidine groups is 1. The maximum atomic E-state index is 11.4. The smallest absolute Gasteiger partial charge is 0.260 e. The van der Waals surface area contributed by atoms with Crippen molar-refractivity contribution in [2.75, 3.05) is 37.7 Å². The van der Waals surface area contributed by atoms with Gasteiger partial charge in [0.05, 0.1) is 36.7 Å². The molecule has 2 aliphatic heterocycles. The summed E-state index contributed by atoms with van der Waals surface area (Å²) < 4.78 is 5.47. The van der Waals surface area contributed by atoms with Gasteiger partial charge in [0, 0.05) is 19.3 Å². The Bertz CT molecular complexity index is 963. The summed E-state index contributed by atoms with van der Waals surface area (Å²) in [6.07, 6.45) is 3.50. The van der Waals surface area contributed by atoms with Gasteiger partial charge in [0.2, 0.25) is 5.13 Å². The topological polar surface area (TPSA) is 96.1 Å². The normalized spacial score (nSPS) is 18.6.